The standard InChI is InChI=1S/C12H14O/c1-9-7-8-12(13-2)11-6-4-3-5-10(9)11/h3-8,10-11H,1-2H3. The summed E-state index contributed by atoms with van der Waals surface area (Å²) in [6.45, 7) is 2.17. The second kappa shape index (κ2) is 3.25. The molecule has 0 bridgehead atoms. The number of methoxy groups -OCH3 is 1. The first-order valence-electron chi connectivity index (χ1n) is 4.60. The maximum atomic E-state index is 5.34. The molecule has 68 valence electrons. The van der Waals surface area contributed by atoms with Gasteiger partial charge in [-0.25, -0.2) is 0 Å². The lowest BCUT2D eigenvalue weighted by Gasteiger charge is -2.29. The fourth-order valence-electron chi connectivity index (χ4n) is 1.95. The summed E-state index contributed by atoms with van der Waals surface area (Å²) in [6, 6.07) is 0. The van der Waals surface area contributed by atoms with E-state index >= 15 is 0 Å². The molecular formula is C12H14O. The van der Waals surface area contributed by atoms with Crippen molar-refractivity contribution in [1.29, 1.82) is 0 Å². The van der Waals surface area contributed by atoms with Crippen LogP contribution in [0.1, 0.15) is 6.92 Å². The highest BCUT2D eigenvalue weighted by Crippen LogP contribution is 2.35. The molecule has 13 heavy (non-hydrogen) atoms. The molecule has 1 nitrogen and oxygen atoms in total. The zero-order valence-corrected chi connectivity index (χ0v) is 8.03. The van der Waals surface area contributed by atoms with Crippen molar-refractivity contribution in [2.45, 2.75) is 6.92 Å². The molecule has 0 heterocycles. The minimum Gasteiger partial charge on any atom is -0.500 e. The van der Waals surface area contributed by atoms with Gasteiger partial charge in [0, 0.05) is 11.8 Å². The van der Waals surface area contributed by atoms with Crippen molar-refractivity contribution in [2.24, 2.45) is 11.8 Å². The topological polar surface area (TPSA) is 9.23 Å². The van der Waals surface area contributed by atoms with Crippen LogP contribution in [0, 0.1) is 11.8 Å². The largest absolute Gasteiger partial charge is 0.500 e. The molecule has 0 aromatic rings. The maximum Gasteiger partial charge on any atom is 0.103 e. The predicted molar refractivity (Wildman–Crippen MR) is 54.1 cm³/mol. The van der Waals surface area contributed by atoms with E-state index in [1.165, 1.54) is 5.57 Å². The number of fused-ring (bicyclic) bond motifs is 1. The third-order valence-corrected chi connectivity index (χ3v) is 2.74. The lowest BCUT2D eigenvalue weighted by atomic mass is 9.79. The molecule has 2 atom stereocenters. The first-order chi connectivity index (χ1) is 6.33. The Kier molecular flexibility index (Phi) is 2.09. The van der Waals surface area contributed by atoms with Crippen LogP contribution in [0.4, 0.5) is 0 Å². The van der Waals surface area contributed by atoms with Crippen LogP contribution >= 0.6 is 0 Å². The Balaban J connectivity index is 2.35. The van der Waals surface area contributed by atoms with Crippen molar-refractivity contribution in [3.63, 3.8) is 0 Å². The average Bonchev–Trinajstić information content (AvgIpc) is 2.19. The molecule has 0 saturated carbocycles. The number of ether oxygens (including phenoxy) is 1. The molecule has 2 unspecified atom stereocenters. The van der Waals surface area contributed by atoms with Gasteiger partial charge in [-0.3, -0.25) is 0 Å². The molecule has 0 aromatic heterocycles. The molecule has 2 rings (SSSR count). The summed E-state index contributed by atoms with van der Waals surface area (Å²) >= 11 is 0. The van der Waals surface area contributed by atoms with Gasteiger partial charge in [0.15, 0.2) is 0 Å². The van der Waals surface area contributed by atoms with E-state index in [0.717, 1.165) is 5.76 Å². The van der Waals surface area contributed by atoms with Crippen LogP contribution in [-0.2, 0) is 4.74 Å². The molecule has 2 aliphatic carbocycles. The second-order valence-corrected chi connectivity index (χ2v) is 3.51. The van der Waals surface area contributed by atoms with E-state index in [1.54, 1.807) is 7.11 Å². The number of rotatable bonds is 1. The summed E-state index contributed by atoms with van der Waals surface area (Å²) in [6.07, 6.45) is 12.9. The normalized spacial score (nSPS) is 30.6. The van der Waals surface area contributed by atoms with E-state index < -0.39 is 0 Å². The van der Waals surface area contributed by atoms with Crippen LogP contribution in [0.5, 0.6) is 0 Å². The van der Waals surface area contributed by atoms with Gasteiger partial charge in [0.25, 0.3) is 0 Å². The molecule has 0 spiro atoms. The predicted octanol–water partition coefficient (Wildman–Crippen LogP) is 2.84. The average molecular weight is 174 g/mol. The molecule has 0 amide bonds. The van der Waals surface area contributed by atoms with Gasteiger partial charge in [-0.1, -0.05) is 36.0 Å². The van der Waals surface area contributed by atoms with Crippen molar-refractivity contribution in [3.05, 3.63) is 47.8 Å². The van der Waals surface area contributed by atoms with Gasteiger partial charge < -0.3 is 4.74 Å². The van der Waals surface area contributed by atoms with E-state index in [2.05, 4.69) is 43.4 Å². The van der Waals surface area contributed by atoms with E-state index in [4.69, 9.17) is 4.74 Å². The summed E-state index contributed by atoms with van der Waals surface area (Å²) in [5.74, 6) is 1.99. The molecule has 0 aliphatic heterocycles. The number of allylic oxidation sites excluding steroid dienone is 7. The van der Waals surface area contributed by atoms with Crippen molar-refractivity contribution < 1.29 is 4.74 Å². The first-order valence-corrected chi connectivity index (χ1v) is 4.60. The van der Waals surface area contributed by atoms with Crippen LogP contribution in [0.3, 0.4) is 0 Å². The summed E-state index contributed by atoms with van der Waals surface area (Å²) in [7, 11) is 1.74. The highest BCUT2D eigenvalue weighted by molar-refractivity contribution is 5.35. The van der Waals surface area contributed by atoms with Gasteiger partial charge in [-0.2, -0.15) is 0 Å². The fraction of sp³-hybridized carbons (Fsp3) is 0.333. The highest BCUT2D eigenvalue weighted by Gasteiger charge is 2.26. The molecule has 0 N–H and O–H groups in total. The minimum atomic E-state index is 0.417. The Morgan fingerprint density at radius 2 is 1.77 bits per heavy atom. The van der Waals surface area contributed by atoms with Crippen LogP contribution in [0.25, 0.3) is 0 Å². The zero-order chi connectivity index (χ0) is 9.26. The van der Waals surface area contributed by atoms with Crippen molar-refractivity contribution in [2.75, 3.05) is 7.11 Å². The summed E-state index contributed by atoms with van der Waals surface area (Å²) < 4.78 is 5.34. The minimum absolute atomic E-state index is 0.417. The van der Waals surface area contributed by atoms with Gasteiger partial charge >= 0.3 is 0 Å². The molecule has 1 heteroatoms. The second-order valence-electron chi connectivity index (χ2n) is 3.51. The van der Waals surface area contributed by atoms with Crippen molar-refractivity contribution in [1.82, 2.24) is 0 Å². The smallest absolute Gasteiger partial charge is 0.103 e. The highest BCUT2D eigenvalue weighted by atomic mass is 16.5. The Morgan fingerprint density at radius 1 is 1.08 bits per heavy atom. The fourth-order valence-corrected chi connectivity index (χ4v) is 1.95. The Bertz CT molecular complexity index is 318. The third-order valence-electron chi connectivity index (χ3n) is 2.74. The summed E-state index contributed by atoms with van der Waals surface area (Å²) in [5.41, 5.74) is 1.41. The zero-order valence-electron chi connectivity index (χ0n) is 8.03. The molecule has 0 aromatic carbocycles. The van der Waals surface area contributed by atoms with Crippen molar-refractivity contribution in [3.8, 4) is 0 Å². The summed E-state index contributed by atoms with van der Waals surface area (Å²) in [4.78, 5) is 0. The van der Waals surface area contributed by atoms with Gasteiger partial charge in [0.2, 0.25) is 0 Å². The molecule has 0 saturated heterocycles. The molecule has 2 aliphatic rings. The van der Waals surface area contributed by atoms with Gasteiger partial charge in [-0.15, -0.1) is 0 Å². The van der Waals surface area contributed by atoms with Crippen LogP contribution in [-0.4, -0.2) is 7.11 Å². The monoisotopic (exact) mass is 174 g/mol. The van der Waals surface area contributed by atoms with E-state index in [-0.39, 0.29) is 0 Å². The van der Waals surface area contributed by atoms with Gasteiger partial charge in [0.05, 0.1) is 7.11 Å². The third kappa shape index (κ3) is 1.35. The quantitative estimate of drug-likeness (QED) is 0.594. The SMILES string of the molecule is COC1=CC=C(C)C2C=CC=CC12. The Labute approximate surface area is 79.1 Å². The van der Waals surface area contributed by atoms with E-state index in [9.17, 15) is 0 Å². The summed E-state index contributed by atoms with van der Waals surface area (Å²) in [5, 5.41) is 0. The molecule has 0 radical (unpaired) electrons. The Hall–Kier alpha value is -1.24. The van der Waals surface area contributed by atoms with Crippen molar-refractivity contribution >= 4 is 0 Å². The number of hydrogen-bond acceptors (Lipinski definition) is 1. The van der Waals surface area contributed by atoms with E-state index in [1.807, 2.05) is 0 Å². The van der Waals surface area contributed by atoms with Crippen LogP contribution in [0.2, 0.25) is 0 Å². The molecular weight excluding hydrogens is 160 g/mol. The first kappa shape index (κ1) is 8.36. The van der Waals surface area contributed by atoms with Crippen LogP contribution < -0.4 is 0 Å². The lowest BCUT2D eigenvalue weighted by Crippen LogP contribution is -2.19. The lowest BCUT2D eigenvalue weighted by molar-refractivity contribution is 0.242. The van der Waals surface area contributed by atoms with E-state index in [0.29, 0.717) is 11.8 Å². The van der Waals surface area contributed by atoms with Crippen LogP contribution in [0.15, 0.2) is 47.8 Å². The Morgan fingerprint density at radius 3 is 2.46 bits per heavy atom. The molecule has 0 fully saturated rings. The van der Waals surface area contributed by atoms with Gasteiger partial charge in [0.1, 0.15) is 5.76 Å². The number of hydrogen-bond donors (Lipinski definition) is 0. The van der Waals surface area contributed by atoms with Gasteiger partial charge in [-0.05, 0) is 13.0 Å². The maximum absolute atomic E-state index is 5.34.